The van der Waals surface area contributed by atoms with Crippen molar-refractivity contribution in [1.29, 1.82) is 0 Å². The maximum Gasteiger partial charge on any atom is 0.189 e. The highest BCUT2D eigenvalue weighted by atomic mass is 16.5. The number of carbonyl (C=O) groups excluding carboxylic acids is 2. The third kappa shape index (κ3) is 3.36. The molecule has 4 unspecified atom stereocenters. The summed E-state index contributed by atoms with van der Waals surface area (Å²) in [7, 11) is 4.66. The summed E-state index contributed by atoms with van der Waals surface area (Å²) in [5.74, 6) is 0.150. The van der Waals surface area contributed by atoms with Gasteiger partial charge in [0.05, 0.1) is 27.2 Å². The van der Waals surface area contributed by atoms with Crippen molar-refractivity contribution >= 4 is 22.3 Å². The van der Waals surface area contributed by atoms with Crippen molar-refractivity contribution in [2.24, 2.45) is 5.92 Å². The second kappa shape index (κ2) is 9.35. The molecule has 2 heterocycles. The minimum Gasteiger partial charge on any atom is -0.504 e. The molecule has 1 N–H and O–H groups in total. The van der Waals surface area contributed by atoms with Crippen molar-refractivity contribution in [2.75, 3.05) is 27.9 Å². The SMILES string of the molecule is COc1cc(C(=O)C2C(c3ccc(OC)c(OC)c3)C3CCCN3C23C(=O)c2cccc4cccc3c24)ccc1O. The van der Waals surface area contributed by atoms with Gasteiger partial charge in [0.1, 0.15) is 5.54 Å². The largest absolute Gasteiger partial charge is 0.504 e. The van der Waals surface area contributed by atoms with Crippen LogP contribution >= 0.6 is 0 Å². The second-order valence-corrected chi connectivity index (χ2v) is 11.1. The maximum absolute atomic E-state index is 14.9. The van der Waals surface area contributed by atoms with Crippen molar-refractivity contribution in [3.63, 3.8) is 0 Å². The number of nitrogens with zero attached hydrogens (tertiary/aromatic N) is 1. The molecule has 0 saturated carbocycles. The smallest absolute Gasteiger partial charge is 0.189 e. The van der Waals surface area contributed by atoms with Crippen molar-refractivity contribution < 1.29 is 28.9 Å². The van der Waals surface area contributed by atoms with Gasteiger partial charge in [-0.2, -0.15) is 0 Å². The van der Waals surface area contributed by atoms with Crippen molar-refractivity contribution in [2.45, 2.75) is 30.3 Å². The summed E-state index contributed by atoms with van der Waals surface area (Å²) in [6, 6.07) is 22.3. The average Bonchev–Trinajstić information content (AvgIpc) is 3.66. The minimum absolute atomic E-state index is 0.0247. The van der Waals surface area contributed by atoms with Gasteiger partial charge < -0.3 is 19.3 Å². The van der Waals surface area contributed by atoms with Crippen LogP contribution in [-0.2, 0) is 5.54 Å². The van der Waals surface area contributed by atoms with Crippen LogP contribution in [0, 0.1) is 5.92 Å². The molecule has 4 aromatic carbocycles. The molecule has 1 spiro atoms. The molecule has 1 aliphatic carbocycles. The lowest BCUT2D eigenvalue weighted by atomic mass is 9.68. The molecule has 2 fully saturated rings. The van der Waals surface area contributed by atoms with Gasteiger partial charge in [0.2, 0.25) is 0 Å². The van der Waals surface area contributed by atoms with Crippen molar-refractivity contribution in [3.8, 4) is 23.0 Å². The van der Waals surface area contributed by atoms with E-state index in [9.17, 15) is 14.7 Å². The molecule has 7 nitrogen and oxygen atoms in total. The number of fused-ring (bicyclic) bond motifs is 3. The monoisotopic (exact) mass is 549 g/mol. The van der Waals surface area contributed by atoms with E-state index in [1.54, 1.807) is 26.4 Å². The third-order valence-electron chi connectivity index (χ3n) is 9.42. The number of benzene rings is 4. The number of ether oxygens (including phenoxy) is 3. The van der Waals surface area contributed by atoms with Gasteiger partial charge in [-0.15, -0.1) is 0 Å². The molecule has 0 bridgehead atoms. The van der Waals surface area contributed by atoms with Crippen LogP contribution in [0.1, 0.15) is 50.6 Å². The maximum atomic E-state index is 14.9. The van der Waals surface area contributed by atoms with Crippen LogP contribution < -0.4 is 14.2 Å². The Hall–Kier alpha value is -4.36. The van der Waals surface area contributed by atoms with Crippen LogP contribution in [0.2, 0.25) is 0 Å². The molecule has 3 aliphatic rings. The van der Waals surface area contributed by atoms with Gasteiger partial charge >= 0.3 is 0 Å². The number of methoxy groups -OCH3 is 3. The fraction of sp³-hybridized carbons (Fsp3) is 0.294. The summed E-state index contributed by atoms with van der Waals surface area (Å²) < 4.78 is 16.6. The lowest BCUT2D eigenvalue weighted by Crippen LogP contribution is -2.51. The number of Topliss-reactive ketones (excluding diaryl/α,β-unsaturated/α-hetero) is 2. The molecule has 0 radical (unpaired) electrons. The first-order valence-electron chi connectivity index (χ1n) is 13.9. The van der Waals surface area contributed by atoms with Crippen molar-refractivity contribution in [3.05, 3.63) is 95.1 Å². The molecule has 2 aliphatic heterocycles. The third-order valence-corrected chi connectivity index (χ3v) is 9.42. The van der Waals surface area contributed by atoms with E-state index < -0.39 is 11.5 Å². The molecule has 0 aromatic heterocycles. The lowest BCUT2D eigenvalue weighted by Gasteiger charge is -2.38. The van der Waals surface area contributed by atoms with Gasteiger partial charge in [-0.3, -0.25) is 14.5 Å². The zero-order valence-corrected chi connectivity index (χ0v) is 23.2. The number of aromatic hydroxyl groups is 1. The van der Waals surface area contributed by atoms with Crippen LogP contribution in [0.25, 0.3) is 10.8 Å². The van der Waals surface area contributed by atoms with E-state index >= 15 is 0 Å². The average molecular weight is 550 g/mol. The molecule has 0 amide bonds. The molecule has 2 saturated heterocycles. The van der Waals surface area contributed by atoms with Crippen molar-refractivity contribution in [1.82, 2.24) is 4.90 Å². The predicted octanol–water partition coefficient (Wildman–Crippen LogP) is 5.72. The Balaban J connectivity index is 1.51. The number of phenols is 1. The molecule has 7 rings (SSSR count). The molecule has 7 heteroatoms. The highest BCUT2D eigenvalue weighted by Gasteiger charge is 2.69. The Kier molecular flexibility index (Phi) is 5.84. The summed E-state index contributed by atoms with van der Waals surface area (Å²) in [5.41, 5.74) is 1.72. The Bertz CT molecular complexity index is 1720. The van der Waals surface area contributed by atoms with E-state index in [0.717, 1.165) is 34.7 Å². The van der Waals surface area contributed by atoms with Gasteiger partial charge in [0.25, 0.3) is 0 Å². The molecule has 4 aromatic rings. The zero-order chi connectivity index (χ0) is 28.5. The van der Waals surface area contributed by atoms with E-state index in [4.69, 9.17) is 14.2 Å². The lowest BCUT2D eigenvalue weighted by molar-refractivity contribution is 0.0519. The molecular formula is C34H31NO6. The number of hydrogen-bond acceptors (Lipinski definition) is 7. The highest BCUT2D eigenvalue weighted by Crippen LogP contribution is 2.62. The van der Waals surface area contributed by atoms with E-state index in [0.29, 0.717) is 29.2 Å². The first-order valence-corrected chi connectivity index (χ1v) is 13.9. The number of ketones is 2. The normalized spacial score (nSPS) is 24.7. The summed E-state index contributed by atoms with van der Waals surface area (Å²) in [6.07, 6.45) is 1.80. The van der Waals surface area contributed by atoms with E-state index in [-0.39, 0.29) is 35.0 Å². The second-order valence-electron chi connectivity index (χ2n) is 11.1. The highest BCUT2D eigenvalue weighted by molar-refractivity contribution is 6.22. The predicted molar refractivity (Wildman–Crippen MR) is 154 cm³/mol. The molecular weight excluding hydrogens is 518 g/mol. The number of rotatable bonds is 6. The van der Waals surface area contributed by atoms with Crippen LogP contribution in [0.15, 0.2) is 72.8 Å². The fourth-order valence-electron chi connectivity index (χ4n) is 7.87. The topological polar surface area (TPSA) is 85.3 Å². The van der Waals surface area contributed by atoms with Gasteiger partial charge in [0, 0.05) is 23.1 Å². The van der Waals surface area contributed by atoms with Gasteiger partial charge in [0.15, 0.2) is 34.6 Å². The quantitative estimate of drug-likeness (QED) is 0.308. The first-order chi connectivity index (χ1) is 19.9. The Labute approximate surface area is 238 Å². The van der Waals surface area contributed by atoms with E-state index in [1.165, 1.54) is 13.2 Å². The fourth-order valence-corrected chi connectivity index (χ4v) is 7.87. The van der Waals surface area contributed by atoms with Crippen LogP contribution in [0.4, 0.5) is 0 Å². The van der Waals surface area contributed by atoms with Crippen LogP contribution in [0.3, 0.4) is 0 Å². The molecule has 208 valence electrons. The summed E-state index contributed by atoms with van der Waals surface area (Å²) in [6.45, 7) is 0.716. The number of hydrogen-bond donors (Lipinski definition) is 1. The van der Waals surface area contributed by atoms with Gasteiger partial charge in [-0.25, -0.2) is 0 Å². The van der Waals surface area contributed by atoms with E-state index in [1.807, 2.05) is 54.6 Å². The molecule has 41 heavy (non-hydrogen) atoms. The summed E-state index contributed by atoms with van der Waals surface area (Å²) >= 11 is 0. The molecule has 4 atom stereocenters. The van der Waals surface area contributed by atoms with Gasteiger partial charge in [-0.05, 0) is 71.6 Å². The summed E-state index contributed by atoms with van der Waals surface area (Å²) in [4.78, 5) is 32.1. The first kappa shape index (κ1) is 25.6. The Morgan fingerprint density at radius 1 is 0.902 bits per heavy atom. The standard InChI is InChI=1S/C34H31NO6/c1-39-26-15-13-20(17-28(26)41-3)30-24-11-6-16-35(24)34(31(30)32(37)21-12-14-25(36)27(18-21)40-2)23-10-5-8-19-7-4-9-22(29(19)23)33(34)38/h4-5,7-10,12-15,17-18,24,30-31,36H,6,11,16H2,1-3H3. The number of carbonyl (C=O) groups is 2. The van der Waals surface area contributed by atoms with E-state index in [2.05, 4.69) is 4.90 Å². The van der Waals surface area contributed by atoms with Gasteiger partial charge in [-0.1, -0.05) is 42.5 Å². The van der Waals surface area contributed by atoms with Crippen LogP contribution in [-0.4, -0.2) is 55.5 Å². The Morgan fingerprint density at radius 3 is 2.41 bits per heavy atom. The Morgan fingerprint density at radius 2 is 1.66 bits per heavy atom. The minimum atomic E-state index is -1.16. The zero-order valence-electron chi connectivity index (χ0n) is 23.2. The number of phenolic OH excluding ortho intramolecular Hbond substituents is 1. The summed E-state index contributed by atoms with van der Waals surface area (Å²) in [5, 5.41) is 12.2. The van der Waals surface area contributed by atoms with Crippen LogP contribution in [0.5, 0.6) is 23.0 Å².